The molecule has 0 radical (unpaired) electrons. The second-order valence-electron chi connectivity index (χ2n) is 8.21. The third-order valence-corrected chi connectivity index (χ3v) is 7.63. The first-order chi connectivity index (χ1) is 14.0. The normalized spacial score (nSPS) is 31.6. The Morgan fingerprint density at radius 2 is 2.31 bits per heavy atom. The van der Waals surface area contributed by atoms with Gasteiger partial charge in [-0.1, -0.05) is 6.08 Å². The van der Waals surface area contributed by atoms with Gasteiger partial charge in [-0.3, -0.25) is 14.9 Å². The van der Waals surface area contributed by atoms with E-state index >= 15 is 0 Å². The summed E-state index contributed by atoms with van der Waals surface area (Å²) in [5, 5.41) is 18.0. The zero-order valence-corrected chi connectivity index (χ0v) is 16.7. The predicted octanol–water partition coefficient (Wildman–Crippen LogP) is 2.94. The largest absolute Gasteiger partial charge is 0.383 e. The van der Waals surface area contributed by atoms with E-state index in [1.54, 1.807) is 18.0 Å². The van der Waals surface area contributed by atoms with Crippen LogP contribution in [0.5, 0.6) is 0 Å². The molecular weight excluding hydrogens is 391 g/mol. The smallest absolute Gasteiger partial charge is 0.230 e. The van der Waals surface area contributed by atoms with Crippen molar-refractivity contribution >= 4 is 22.6 Å². The summed E-state index contributed by atoms with van der Waals surface area (Å²) < 4.78 is 14.3. The Labute approximate surface area is 172 Å². The first-order valence-corrected chi connectivity index (χ1v) is 11.0. The molecule has 5 rings (SSSR count). The number of thioether (sulfide) groups is 1. The van der Waals surface area contributed by atoms with Gasteiger partial charge in [-0.15, -0.1) is 11.8 Å². The summed E-state index contributed by atoms with van der Waals surface area (Å²) in [7, 11) is 0. The van der Waals surface area contributed by atoms with Gasteiger partial charge in [-0.05, 0) is 37.3 Å². The number of hydrogen-bond donors (Lipinski definition) is 2. The molecule has 8 heteroatoms. The quantitative estimate of drug-likeness (QED) is 0.807. The zero-order chi connectivity index (χ0) is 20.0. The fourth-order valence-corrected chi connectivity index (χ4v) is 6.23. The third kappa shape index (κ3) is 3.28. The molecule has 6 nitrogen and oxygen atoms in total. The van der Waals surface area contributed by atoms with E-state index in [4.69, 9.17) is 0 Å². The van der Waals surface area contributed by atoms with Crippen LogP contribution in [0.1, 0.15) is 36.9 Å². The molecule has 2 N–H and O–H groups in total. The number of aromatic amines is 1. The topological polar surface area (TPSA) is 82.1 Å². The second-order valence-corrected chi connectivity index (χ2v) is 9.27. The summed E-state index contributed by atoms with van der Waals surface area (Å²) in [5.41, 5.74) is -0.200. The van der Waals surface area contributed by atoms with Crippen LogP contribution in [0.3, 0.4) is 0 Å². The molecule has 4 heterocycles. The Balaban J connectivity index is 1.37. The van der Waals surface area contributed by atoms with E-state index in [2.05, 4.69) is 15.2 Å². The molecule has 4 unspecified atom stereocenters. The van der Waals surface area contributed by atoms with Gasteiger partial charge in [0.05, 0.1) is 12.1 Å². The van der Waals surface area contributed by atoms with Crippen LogP contribution in [-0.2, 0) is 10.4 Å². The van der Waals surface area contributed by atoms with Gasteiger partial charge in [0, 0.05) is 47.6 Å². The summed E-state index contributed by atoms with van der Waals surface area (Å²) in [5.74, 6) is 0.337. The van der Waals surface area contributed by atoms with Crippen molar-refractivity contribution in [1.82, 2.24) is 20.1 Å². The predicted molar refractivity (Wildman–Crippen MR) is 108 cm³/mol. The Kier molecular flexibility index (Phi) is 4.70. The van der Waals surface area contributed by atoms with Crippen LogP contribution >= 0.6 is 11.8 Å². The Hall–Kier alpha value is -2.19. The number of amides is 1. The fourth-order valence-electron chi connectivity index (χ4n) is 5.09. The molecule has 2 aromatic rings. The first kappa shape index (κ1) is 18.8. The Morgan fingerprint density at radius 3 is 3.10 bits per heavy atom. The van der Waals surface area contributed by atoms with Gasteiger partial charge >= 0.3 is 0 Å². The Bertz CT molecular complexity index is 950. The number of rotatable bonds is 3. The van der Waals surface area contributed by atoms with Crippen molar-refractivity contribution in [2.75, 3.05) is 12.3 Å². The molecule has 1 saturated carbocycles. The van der Waals surface area contributed by atoms with Crippen LogP contribution < -0.4 is 0 Å². The lowest BCUT2D eigenvalue weighted by Gasteiger charge is -2.38. The number of halogens is 1. The number of pyridine rings is 1. The van der Waals surface area contributed by atoms with E-state index in [-0.39, 0.29) is 29.5 Å². The van der Waals surface area contributed by atoms with Gasteiger partial charge in [-0.2, -0.15) is 5.10 Å². The number of piperidine rings is 1. The average molecular weight is 415 g/mol. The molecule has 0 spiro atoms. The van der Waals surface area contributed by atoms with Gasteiger partial charge in [-0.25, -0.2) is 4.39 Å². The number of likely N-dealkylation sites (tertiary alicyclic amines) is 1. The molecule has 2 fully saturated rings. The number of carbonyl (C=O) groups is 1. The van der Waals surface area contributed by atoms with E-state index in [0.717, 1.165) is 23.3 Å². The van der Waals surface area contributed by atoms with Crippen LogP contribution in [0.15, 0.2) is 36.8 Å². The number of nitrogens with one attached hydrogen (secondary N) is 1. The van der Waals surface area contributed by atoms with Crippen molar-refractivity contribution in [3.05, 3.63) is 53.9 Å². The van der Waals surface area contributed by atoms with Crippen LogP contribution in [0.2, 0.25) is 0 Å². The SMILES string of the molecule is O=C(C1C=C(c2cn[nH]c2)SC1)N1CCCC2CC(O)(c3ncccc3F)CC21. The molecule has 29 heavy (non-hydrogen) atoms. The van der Waals surface area contributed by atoms with Crippen LogP contribution in [0.25, 0.3) is 4.91 Å². The molecular formula is C21H23FN4O2S. The number of H-pyrrole nitrogens is 1. The van der Waals surface area contributed by atoms with Crippen LogP contribution in [0.4, 0.5) is 4.39 Å². The maximum absolute atomic E-state index is 14.3. The second kappa shape index (κ2) is 7.25. The third-order valence-electron chi connectivity index (χ3n) is 6.42. The Morgan fingerprint density at radius 1 is 1.41 bits per heavy atom. The molecule has 3 aliphatic rings. The summed E-state index contributed by atoms with van der Waals surface area (Å²) in [6.45, 7) is 0.691. The minimum absolute atomic E-state index is 0.0703. The van der Waals surface area contributed by atoms with E-state index in [1.807, 2.05) is 17.2 Å². The molecule has 152 valence electrons. The maximum atomic E-state index is 14.3. The lowest BCUT2D eigenvalue weighted by atomic mass is 9.90. The number of aromatic nitrogens is 3. The monoisotopic (exact) mass is 414 g/mol. The average Bonchev–Trinajstić information content (AvgIpc) is 3.46. The van der Waals surface area contributed by atoms with Crippen molar-refractivity contribution in [2.24, 2.45) is 11.8 Å². The molecule has 2 aromatic heterocycles. The van der Waals surface area contributed by atoms with Crippen molar-refractivity contribution in [3.8, 4) is 0 Å². The first-order valence-electron chi connectivity index (χ1n) is 10.0. The highest BCUT2D eigenvalue weighted by Crippen LogP contribution is 2.48. The molecule has 2 aliphatic heterocycles. The number of carbonyl (C=O) groups excluding carboxylic acids is 1. The maximum Gasteiger partial charge on any atom is 0.230 e. The highest BCUT2D eigenvalue weighted by molar-refractivity contribution is 8.08. The van der Waals surface area contributed by atoms with Gasteiger partial charge in [0.2, 0.25) is 5.91 Å². The summed E-state index contributed by atoms with van der Waals surface area (Å²) >= 11 is 1.67. The fraction of sp³-hybridized carbons (Fsp3) is 0.476. The minimum Gasteiger partial charge on any atom is -0.383 e. The van der Waals surface area contributed by atoms with Gasteiger partial charge < -0.3 is 10.0 Å². The zero-order valence-electron chi connectivity index (χ0n) is 15.9. The van der Waals surface area contributed by atoms with Crippen LogP contribution in [0, 0.1) is 17.7 Å². The number of hydrogen-bond acceptors (Lipinski definition) is 5. The van der Waals surface area contributed by atoms with Crippen molar-refractivity contribution in [2.45, 2.75) is 37.3 Å². The van der Waals surface area contributed by atoms with E-state index in [9.17, 15) is 14.3 Å². The van der Waals surface area contributed by atoms with Crippen molar-refractivity contribution in [1.29, 1.82) is 0 Å². The molecule has 0 aromatic carbocycles. The lowest BCUT2D eigenvalue weighted by molar-refractivity contribution is -0.138. The van der Waals surface area contributed by atoms with Gasteiger partial charge in [0.15, 0.2) is 0 Å². The van der Waals surface area contributed by atoms with Gasteiger partial charge in [0.1, 0.15) is 17.1 Å². The van der Waals surface area contributed by atoms with E-state index in [0.29, 0.717) is 25.1 Å². The van der Waals surface area contributed by atoms with Crippen molar-refractivity contribution in [3.63, 3.8) is 0 Å². The summed E-state index contributed by atoms with van der Waals surface area (Å²) in [6.07, 6.45) is 9.79. The van der Waals surface area contributed by atoms with Crippen molar-refractivity contribution < 1.29 is 14.3 Å². The lowest BCUT2D eigenvalue weighted by Crippen LogP contribution is -2.48. The summed E-state index contributed by atoms with van der Waals surface area (Å²) in [6, 6.07) is 2.80. The number of nitrogens with zero attached hydrogens (tertiary/aromatic N) is 3. The highest BCUT2D eigenvalue weighted by Gasteiger charge is 2.51. The van der Waals surface area contributed by atoms with Gasteiger partial charge in [0.25, 0.3) is 0 Å². The molecule has 1 aliphatic carbocycles. The van der Waals surface area contributed by atoms with E-state index in [1.165, 1.54) is 18.3 Å². The standard InChI is InChI=1S/C21H23FN4O2S/c22-16-4-1-5-23-19(16)21(28)8-13-3-2-6-26(17(13)9-21)20(27)14-7-18(29-12-14)15-10-24-25-11-15/h1,4-5,7,10-11,13-14,17,28H,2-3,6,8-9,12H2,(H,24,25). The van der Waals surface area contributed by atoms with E-state index < -0.39 is 11.4 Å². The molecule has 1 saturated heterocycles. The minimum atomic E-state index is -1.31. The van der Waals surface area contributed by atoms with Crippen LogP contribution in [-0.4, -0.2) is 49.4 Å². The molecule has 0 bridgehead atoms. The number of aliphatic hydroxyl groups is 1. The highest BCUT2D eigenvalue weighted by atomic mass is 32.2. The molecule has 4 atom stereocenters. The molecule has 1 amide bonds. The summed E-state index contributed by atoms with van der Waals surface area (Å²) in [4.78, 5) is 20.5. The number of fused-ring (bicyclic) bond motifs is 1.